The Morgan fingerprint density at radius 1 is 1.24 bits per heavy atom. The standard InChI is InChI=1S/C15H24N6/c1-10(2)13-19-14(16-4)11(3)15(20-13)18-7-6-12-17-8-9-21(12)5/h8-10H,6-7H2,1-5H3,(H2,16,18,19,20). The third-order valence-corrected chi connectivity index (χ3v) is 3.48. The molecule has 0 aliphatic carbocycles. The van der Waals surface area contributed by atoms with Crippen molar-refractivity contribution in [1.82, 2.24) is 19.5 Å². The van der Waals surface area contributed by atoms with Gasteiger partial charge in [0.2, 0.25) is 0 Å². The summed E-state index contributed by atoms with van der Waals surface area (Å²) in [4.78, 5) is 13.5. The molecule has 0 bridgehead atoms. The van der Waals surface area contributed by atoms with Gasteiger partial charge < -0.3 is 15.2 Å². The predicted molar refractivity (Wildman–Crippen MR) is 85.8 cm³/mol. The van der Waals surface area contributed by atoms with E-state index in [1.165, 1.54) is 0 Å². The maximum atomic E-state index is 4.63. The summed E-state index contributed by atoms with van der Waals surface area (Å²) < 4.78 is 2.03. The second kappa shape index (κ2) is 6.56. The highest BCUT2D eigenvalue weighted by atomic mass is 15.1. The first kappa shape index (κ1) is 15.3. The molecule has 0 saturated heterocycles. The number of hydrogen-bond donors (Lipinski definition) is 2. The zero-order valence-corrected chi connectivity index (χ0v) is 13.4. The number of imidazole rings is 1. The SMILES string of the molecule is CNc1nc(C(C)C)nc(NCCc2nccn2C)c1C. The smallest absolute Gasteiger partial charge is 0.135 e. The van der Waals surface area contributed by atoms with Crippen LogP contribution in [-0.4, -0.2) is 33.1 Å². The van der Waals surface area contributed by atoms with E-state index in [1.54, 1.807) is 0 Å². The van der Waals surface area contributed by atoms with Crippen LogP contribution in [0.1, 0.15) is 37.0 Å². The predicted octanol–water partition coefficient (Wildman–Crippen LogP) is 2.34. The average Bonchev–Trinajstić information content (AvgIpc) is 2.86. The van der Waals surface area contributed by atoms with Crippen molar-refractivity contribution in [2.24, 2.45) is 7.05 Å². The minimum absolute atomic E-state index is 0.299. The molecular formula is C15H24N6. The summed E-state index contributed by atoms with van der Waals surface area (Å²) in [6.07, 6.45) is 4.64. The lowest BCUT2D eigenvalue weighted by Crippen LogP contribution is -2.13. The molecule has 0 aliphatic rings. The van der Waals surface area contributed by atoms with Crippen molar-refractivity contribution >= 4 is 11.6 Å². The van der Waals surface area contributed by atoms with E-state index in [-0.39, 0.29) is 0 Å². The summed E-state index contributed by atoms with van der Waals surface area (Å²) in [5, 5.41) is 6.54. The summed E-state index contributed by atoms with van der Waals surface area (Å²) in [5.41, 5.74) is 1.04. The number of anilines is 2. The number of nitrogens with zero attached hydrogens (tertiary/aromatic N) is 4. The molecule has 0 unspecified atom stereocenters. The summed E-state index contributed by atoms with van der Waals surface area (Å²) in [5.74, 6) is 3.99. The highest BCUT2D eigenvalue weighted by molar-refractivity contribution is 5.57. The van der Waals surface area contributed by atoms with E-state index in [2.05, 4.69) is 39.4 Å². The Morgan fingerprint density at radius 2 is 1.95 bits per heavy atom. The molecule has 2 aromatic rings. The average molecular weight is 288 g/mol. The first-order valence-corrected chi connectivity index (χ1v) is 7.29. The molecule has 0 spiro atoms. The molecule has 21 heavy (non-hydrogen) atoms. The molecule has 0 aliphatic heterocycles. The van der Waals surface area contributed by atoms with Crippen molar-refractivity contribution < 1.29 is 0 Å². The lowest BCUT2D eigenvalue weighted by Gasteiger charge is -2.15. The molecule has 6 heteroatoms. The normalized spacial score (nSPS) is 11.0. The van der Waals surface area contributed by atoms with Gasteiger partial charge in [0.15, 0.2) is 0 Å². The number of nitrogens with one attached hydrogen (secondary N) is 2. The van der Waals surface area contributed by atoms with Crippen LogP contribution in [0.25, 0.3) is 0 Å². The van der Waals surface area contributed by atoms with Gasteiger partial charge in [0, 0.05) is 50.9 Å². The molecule has 0 fully saturated rings. The minimum atomic E-state index is 0.299. The van der Waals surface area contributed by atoms with Gasteiger partial charge >= 0.3 is 0 Å². The Morgan fingerprint density at radius 3 is 2.52 bits per heavy atom. The van der Waals surface area contributed by atoms with Crippen LogP contribution in [-0.2, 0) is 13.5 Å². The monoisotopic (exact) mass is 288 g/mol. The highest BCUT2D eigenvalue weighted by Crippen LogP contribution is 2.22. The van der Waals surface area contributed by atoms with Crippen molar-refractivity contribution in [1.29, 1.82) is 0 Å². The van der Waals surface area contributed by atoms with Gasteiger partial charge in [-0.15, -0.1) is 0 Å². The number of hydrogen-bond acceptors (Lipinski definition) is 5. The summed E-state index contributed by atoms with van der Waals surface area (Å²) in [7, 11) is 3.89. The molecule has 0 atom stereocenters. The molecule has 0 saturated carbocycles. The van der Waals surface area contributed by atoms with Crippen LogP contribution in [0.3, 0.4) is 0 Å². The van der Waals surface area contributed by atoms with Gasteiger partial charge in [-0.05, 0) is 6.92 Å². The molecule has 0 aromatic carbocycles. The zero-order valence-electron chi connectivity index (χ0n) is 13.4. The van der Waals surface area contributed by atoms with E-state index in [0.29, 0.717) is 5.92 Å². The van der Waals surface area contributed by atoms with Crippen LogP contribution < -0.4 is 10.6 Å². The van der Waals surface area contributed by atoms with Crippen LogP contribution in [0, 0.1) is 6.92 Å². The van der Waals surface area contributed by atoms with Crippen molar-refractivity contribution in [3.8, 4) is 0 Å². The maximum absolute atomic E-state index is 4.63. The Bertz CT molecular complexity index is 602. The van der Waals surface area contributed by atoms with Crippen molar-refractivity contribution in [2.45, 2.75) is 33.1 Å². The first-order valence-electron chi connectivity index (χ1n) is 7.29. The molecular weight excluding hydrogens is 264 g/mol. The zero-order chi connectivity index (χ0) is 15.4. The largest absolute Gasteiger partial charge is 0.373 e. The van der Waals surface area contributed by atoms with Crippen molar-refractivity contribution in [2.75, 3.05) is 24.2 Å². The molecule has 114 valence electrons. The lowest BCUT2D eigenvalue weighted by molar-refractivity contribution is 0.766. The van der Waals surface area contributed by atoms with Gasteiger partial charge in [0.25, 0.3) is 0 Å². The number of aryl methyl sites for hydroxylation is 1. The van der Waals surface area contributed by atoms with E-state index in [9.17, 15) is 0 Å². The Balaban J connectivity index is 2.11. The lowest BCUT2D eigenvalue weighted by atomic mass is 10.2. The molecule has 0 radical (unpaired) electrons. The maximum Gasteiger partial charge on any atom is 0.135 e. The number of rotatable bonds is 6. The number of aromatic nitrogens is 4. The fourth-order valence-electron chi connectivity index (χ4n) is 2.14. The van der Waals surface area contributed by atoms with Crippen molar-refractivity contribution in [3.63, 3.8) is 0 Å². The summed E-state index contributed by atoms with van der Waals surface area (Å²) >= 11 is 0. The Labute approximate surface area is 126 Å². The van der Waals surface area contributed by atoms with Gasteiger partial charge in [-0.25, -0.2) is 15.0 Å². The van der Waals surface area contributed by atoms with Gasteiger partial charge in [-0.1, -0.05) is 13.8 Å². The van der Waals surface area contributed by atoms with Crippen LogP contribution in [0.2, 0.25) is 0 Å². The van der Waals surface area contributed by atoms with E-state index in [0.717, 1.165) is 41.8 Å². The second-order valence-corrected chi connectivity index (χ2v) is 5.44. The van der Waals surface area contributed by atoms with Gasteiger partial charge in [0.05, 0.1) is 0 Å². The third-order valence-electron chi connectivity index (χ3n) is 3.48. The molecule has 6 nitrogen and oxygen atoms in total. The van der Waals surface area contributed by atoms with Crippen LogP contribution >= 0.6 is 0 Å². The molecule has 0 amide bonds. The minimum Gasteiger partial charge on any atom is -0.373 e. The van der Waals surface area contributed by atoms with E-state index in [1.807, 2.05) is 38.0 Å². The van der Waals surface area contributed by atoms with Crippen LogP contribution in [0.4, 0.5) is 11.6 Å². The topological polar surface area (TPSA) is 67.7 Å². The van der Waals surface area contributed by atoms with Crippen LogP contribution in [0.5, 0.6) is 0 Å². The molecule has 2 aromatic heterocycles. The van der Waals surface area contributed by atoms with E-state index < -0.39 is 0 Å². The van der Waals surface area contributed by atoms with Crippen LogP contribution in [0.15, 0.2) is 12.4 Å². The van der Waals surface area contributed by atoms with E-state index >= 15 is 0 Å². The van der Waals surface area contributed by atoms with Crippen molar-refractivity contribution in [3.05, 3.63) is 29.6 Å². The summed E-state index contributed by atoms with van der Waals surface area (Å²) in [6, 6.07) is 0. The van der Waals surface area contributed by atoms with E-state index in [4.69, 9.17) is 0 Å². The van der Waals surface area contributed by atoms with Gasteiger partial charge in [-0.3, -0.25) is 0 Å². The highest BCUT2D eigenvalue weighted by Gasteiger charge is 2.12. The fourth-order valence-corrected chi connectivity index (χ4v) is 2.14. The quantitative estimate of drug-likeness (QED) is 0.854. The first-order chi connectivity index (χ1) is 10.0. The van der Waals surface area contributed by atoms with Gasteiger partial charge in [0.1, 0.15) is 23.3 Å². The summed E-state index contributed by atoms with van der Waals surface area (Å²) in [6.45, 7) is 7.02. The Kier molecular flexibility index (Phi) is 4.77. The molecule has 2 rings (SSSR count). The third kappa shape index (κ3) is 3.51. The van der Waals surface area contributed by atoms with Gasteiger partial charge in [-0.2, -0.15) is 0 Å². The Hall–Kier alpha value is -2.11. The molecule has 2 N–H and O–H groups in total. The fraction of sp³-hybridized carbons (Fsp3) is 0.533. The molecule has 2 heterocycles. The second-order valence-electron chi connectivity index (χ2n) is 5.44.